The number of rotatable bonds is 6. The van der Waals surface area contributed by atoms with Gasteiger partial charge >= 0.3 is 0 Å². The van der Waals surface area contributed by atoms with E-state index in [-0.39, 0.29) is 0 Å². The van der Waals surface area contributed by atoms with E-state index in [0.717, 1.165) is 47.3 Å². The molecule has 5 nitrogen and oxygen atoms in total. The van der Waals surface area contributed by atoms with Gasteiger partial charge < -0.3 is 20.5 Å². The van der Waals surface area contributed by atoms with Crippen molar-refractivity contribution in [3.05, 3.63) is 28.6 Å². The van der Waals surface area contributed by atoms with Crippen LogP contribution in [0.25, 0.3) is 11.3 Å². The molecule has 0 unspecified atom stereocenters. The third-order valence-electron chi connectivity index (χ3n) is 3.23. The summed E-state index contributed by atoms with van der Waals surface area (Å²) in [6, 6.07) is 5.98. The van der Waals surface area contributed by atoms with Crippen molar-refractivity contribution >= 4 is 11.3 Å². The lowest BCUT2D eigenvalue weighted by Crippen LogP contribution is -2.24. The fourth-order valence-corrected chi connectivity index (χ4v) is 2.99. The van der Waals surface area contributed by atoms with E-state index in [1.54, 1.807) is 11.3 Å². The Morgan fingerprint density at radius 2 is 2.05 bits per heavy atom. The molecule has 1 aliphatic rings. The lowest BCUT2D eigenvalue weighted by molar-refractivity contribution is 0.171. The van der Waals surface area contributed by atoms with Crippen molar-refractivity contribution in [1.29, 1.82) is 0 Å². The van der Waals surface area contributed by atoms with Crippen LogP contribution in [0, 0.1) is 0 Å². The summed E-state index contributed by atoms with van der Waals surface area (Å²) in [5.41, 5.74) is 7.50. The topological polar surface area (TPSA) is 69.4 Å². The zero-order valence-electron chi connectivity index (χ0n) is 11.8. The van der Waals surface area contributed by atoms with Gasteiger partial charge in [-0.3, -0.25) is 0 Å². The molecule has 0 saturated heterocycles. The minimum absolute atomic E-state index is 0.603. The van der Waals surface area contributed by atoms with Crippen molar-refractivity contribution in [2.45, 2.75) is 6.42 Å². The highest BCUT2D eigenvalue weighted by Gasteiger charge is 2.13. The van der Waals surface area contributed by atoms with Gasteiger partial charge in [-0.25, -0.2) is 4.98 Å². The van der Waals surface area contributed by atoms with E-state index in [2.05, 4.69) is 15.7 Å². The molecule has 0 amide bonds. The van der Waals surface area contributed by atoms with Gasteiger partial charge in [0.2, 0.25) is 0 Å². The number of hydrogen-bond donors (Lipinski definition) is 2. The molecule has 21 heavy (non-hydrogen) atoms. The van der Waals surface area contributed by atoms with Crippen LogP contribution in [0.1, 0.15) is 5.01 Å². The summed E-state index contributed by atoms with van der Waals surface area (Å²) in [5.74, 6) is 1.62. The molecule has 2 heterocycles. The van der Waals surface area contributed by atoms with Crippen molar-refractivity contribution < 1.29 is 9.47 Å². The van der Waals surface area contributed by atoms with Crippen molar-refractivity contribution in [2.24, 2.45) is 5.73 Å². The summed E-state index contributed by atoms with van der Waals surface area (Å²) < 4.78 is 11.1. The van der Waals surface area contributed by atoms with E-state index in [9.17, 15) is 0 Å². The van der Waals surface area contributed by atoms with E-state index < -0.39 is 0 Å². The van der Waals surface area contributed by atoms with Gasteiger partial charge in [0.1, 0.15) is 13.2 Å². The van der Waals surface area contributed by atoms with Gasteiger partial charge in [-0.1, -0.05) is 0 Å². The van der Waals surface area contributed by atoms with E-state index in [1.807, 2.05) is 18.2 Å². The Kier molecular flexibility index (Phi) is 4.69. The second kappa shape index (κ2) is 6.89. The number of ether oxygens (including phenoxy) is 2. The van der Waals surface area contributed by atoms with Crippen molar-refractivity contribution in [3.63, 3.8) is 0 Å². The van der Waals surface area contributed by atoms with Gasteiger partial charge in [0.15, 0.2) is 11.5 Å². The summed E-state index contributed by atoms with van der Waals surface area (Å²) in [7, 11) is 0. The Labute approximate surface area is 128 Å². The molecule has 6 heteroatoms. The number of thiazole rings is 1. The zero-order valence-corrected chi connectivity index (χ0v) is 12.6. The van der Waals surface area contributed by atoms with Crippen LogP contribution in [-0.2, 0) is 6.42 Å². The first-order valence-corrected chi connectivity index (χ1v) is 8.00. The van der Waals surface area contributed by atoms with Gasteiger partial charge in [-0.15, -0.1) is 11.3 Å². The lowest BCUT2D eigenvalue weighted by atomic mass is 10.1. The minimum atomic E-state index is 0.603. The average Bonchev–Trinajstić information content (AvgIpc) is 3.00. The molecule has 3 rings (SSSR count). The molecule has 3 N–H and O–H groups in total. The molecule has 0 saturated carbocycles. The zero-order chi connectivity index (χ0) is 14.5. The first-order valence-electron chi connectivity index (χ1n) is 7.12. The number of nitrogens with zero attached hydrogens (tertiary/aromatic N) is 1. The molecule has 0 radical (unpaired) electrons. The third-order valence-corrected chi connectivity index (χ3v) is 4.14. The number of benzene rings is 1. The molecular formula is C15H19N3O2S. The lowest BCUT2D eigenvalue weighted by Gasteiger charge is -2.18. The Hall–Kier alpha value is -1.63. The van der Waals surface area contributed by atoms with Gasteiger partial charge in [-0.05, 0) is 18.2 Å². The summed E-state index contributed by atoms with van der Waals surface area (Å²) in [6.45, 7) is 3.64. The van der Waals surface area contributed by atoms with Crippen molar-refractivity contribution in [2.75, 3.05) is 32.8 Å². The van der Waals surface area contributed by atoms with Crippen LogP contribution in [-0.4, -0.2) is 37.8 Å². The highest BCUT2D eigenvalue weighted by atomic mass is 32.1. The maximum atomic E-state index is 5.61. The summed E-state index contributed by atoms with van der Waals surface area (Å²) in [5, 5.41) is 6.49. The molecule has 0 aliphatic carbocycles. The fourth-order valence-electron chi connectivity index (χ4n) is 2.18. The molecule has 1 aromatic heterocycles. The van der Waals surface area contributed by atoms with Crippen LogP contribution < -0.4 is 20.5 Å². The summed E-state index contributed by atoms with van der Waals surface area (Å²) in [4.78, 5) is 4.68. The summed E-state index contributed by atoms with van der Waals surface area (Å²) >= 11 is 1.69. The normalized spacial score (nSPS) is 13.4. The second-order valence-electron chi connectivity index (χ2n) is 4.77. The van der Waals surface area contributed by atoms with E-state index in [0.29, 0.717) is 19.8 Å². The number of aromatic nitrogens is 1. The van der Waals surface area contributed by atoms with Crippen molar-refractivity contribution in [1.82, 2.24) is 10.3 Å². The predicted molar refractivity (Wildman–Crippen MR) is 84.2 cm³/mol. The second-order valence-corrected chi connectivity index (χ2v) is 5.72. The van der Waals surface area contributed by atoms with Crippen LogP contribution in [0.3, 0.4) is 0 Å². The van der Waals surface area contributed by atoms with Crippen LogP contribution in [0.15, 0.2) is 23.6 Å². The molecular weight excluding hydrogens is 286 g/mol. The van der Waals surface area contributed by atoms with Gasteiger partial charge in [0.05, 0.1) is 10.7 Å². The molecule has 0 bridgehead atoms. The van der Waals surface area contributed by atoms with Crippen LogP contribution in [0.4, 0.5) is 0 Å². The predicted octanol–water partition coefficient (Wildman–Crippen LogP) is 1.67. The fraction of sp³-hybridized carbons (Fsp3) is 0.400. The first kappa shape index (κ1) is 14.3. The Morgan fingerprint density at radius 1 is 1.19 bits per heavy atom. The van der Waals surface area contributed by atoms with E-state index in [4.69, 9.17) is 15.2 Å². The van der Waals surface area contributed by atoms with Crippen molar-refractivity contribution in [3.8, 4) is 22.8 Å². The maximum Gasteiger partial charge on any atom is 0.162 e. The standard InChI is InChI=1S/C15H19N3O2S/c16-4-6-17-5-3-15-18-12(10-21-15)11-1-2-13-14(9-11)20-8-7-19-13/h1-2,9-10,17H,3-8,16H2. The monoisotopic (exact) mass is 305 g/mol. The largest absolute Gasteiger partial charge is 0.486 e. The van der Waals surface area contributed by atoms with E-state index >= 15 is 0 Å². The maximum absolute atomic E-state index is 5.61. The molecule has 112 valence electrons. The minimum Gasteiger partial charge on any atom is -0.486 e. The third kappa shape index (κ3) is 3.53. The average molecular weight is 305 g/mol. The number of hydrogen-bond acceptors (Lipinski definition) is 6. The van der Waals surface area contributed by atoms with Gasteiger partial charge in [0, 0.05) is 37.0 Å². The molecule has 2 aromatic rings. The highest BCUT2D eigenvalue weighted by molar-refractivity contribution is 7.09. The van der Waals surface area contributed by atoms with E-state index in [1.165, 1.54) is 0 Å². The number of nitrogens with two attached hydrogens (primary N) is 1. The van der Waals surface area contributed by atoms with Gasteiger partial charge in [-0.2, -0.15) is 0 Å². The van der Waals surface area contributed by atoms with Crippen LogP contribution in [0.5, 0.6) is 11.5 Å². The Morgan fingerprint density at radius 3 is 2.90 bits per heavy atom. The SMILES string of the molecule is NCCNCCc1nc(-c2ccc3c(c2)OCCO3)cs1. The number of fused-ring (bicyclic) bond motifs is 1. The molecule has 0 atom stereocenters. The Bertz CT molecular complexity index is 600. The summed E-state index contributed by atoms with van der Waals surface area (Å²) in [6.07, 6.45) is 0.926. The molecule has 0 fully saturated rings. The first-order chi connectivity index (χ1) is 10.4. The Balaban J connectivity index is 1.68. The highest BCUT2D eigenvalue weighted by Crippen LogP contribution is 2.34. The smallest absolute Gasteiger partial charge is 0.162 e. The quantitative estimate of drug-likeness (QED) is 0.795. The van der Waals surface area contributed by atoms with Crippen LogP contribution >= 0.6 is 11.3 Å². The van der Waals surface area contributed by atoms with Gasteiger partial charge in [0.25, 0.3) is 0 Å². The number of nitrogens with one attached hydrogen (secondary N) is 1. The molecule has 1 aliphatic heterocycles. The van der Waals surface area contributed by atoms with Crippen LogP contribution in [0.2, 0.25) is 0 Å². The molecule has 0 spiro atoms. The molecule has 1 aromatic carbocycles.